The van der Waals surface area contributed by atoms with E-state index in [1.165, 1.54) is 31.4 Å². The molecular weight excluding hydrogens is 344 g/mol. The van der Waals surface area contributed by atoms with Crippen LogP contribution in [0.4, 0.5) is 20.3 Å². The zero-order chi connectivity index (χ0) is 15.6. The van der Waals surface area contributed by atoms with Crippen LogP contribution in [-0.4, -0.2) is 17.9 Å². The van der Waals surface area contributed by atoms with Gasteiger partial charge >= 0.3 is 0 Å². The number of rotatable bonds is 3. The number of benzene rings is 1. The first kappa shape index (κ1) is 15.4. The van der Waals surface area contributed by atoms with Gasteiger partial charge in [-0.15, -0.1) is 0 Å². The van der Waals surface area contributed by atoms with Gasteiger partial charge in [-0.05, 0) is 46.6 Å². The Kier molecular flexibility index (Phi) is 4.52. The number of hydrogen-bond donors (Lipinski definition) is 2. The van der Waals surface area contributed by atoms with Crippen molar-refractivity contribution in [2.75, 3.05) is 17.7 Å². The number of halogens is 3. The molecule has 0 saturated carbocycles. The van der Waals surface area contributed by atoms with Crippen molar-refractivity contribution < 1.29 is 13.6 Å². The zero-order valence-corrected chi connectivity index (χ0v) is 12.9. The highest BCUT2D eigenvalue weighted by Gasteiger charge is 2.17. The molecule has 0 aliphatic heterocycles. The second-order valence-corrected chi connectivity index (χ2v) is 5.16. The SMILES string of the molecule is CNc1nccc(C(=O)Nc2cc(F)c(Br)cc2C)c1F. The Bertz CT molecular complexity index is 707. The number of hydrogen-bond acceptors (Lipinski definition) is 3. The van der Waals surface area contributed by atoms with Crippen molar-refractivity contribution in [2.24, 2.45) is 0 Å². The van der Waals surface area contributed by atoms with E-state index in [9.17, 15) is 13.6 Å². The monoisotopic (exact) mass is 355 g/mol. The fourth-order valence-corrected chi connectivity index (χ4v) is 2.22. The van der Waals surface area contributed by atoms with Gasteiger partial charge in [0, 0.05) is 18.9 Å². The van der Waals surface area contributed by atoms with Gasteiger partial charge in [0.05, 0.1) is 10.0 Å². The lowest BCUT2D eigenvalue weighted by Gasteiger charge is -2.11. The van der Waals surface area contributed by atoms with E-state index >= 15 is 0 Å². The first-order valence-corrected chi connectivity index (χ1v) is 6.82. The number of anilines is 2. The Labute approximate surface area is 128 Å². The maximum atomic E-state index is 14.0. The smallest absolute Gasteiger partial charge is 0.258 e. The second-order valence-electron chi connectivity index (χ2n) is 4.31. The van der Waals surface area contributed by atoms with Gasteiger partial charge in [-0.25, -0.2) is 13.8 Å². The average Bonchev–Trinajstić information content (AvgIpc) is 2.44. The lowest BCUT2D eigenvalue weighted by Crippen LogP contribution is -2.16. The predicted octanol–water partition coefficient (Wildman–Crippen LogP) is 3.72. The lowest BCUT2D eigenvalue weighted by molar-refractivity contribution is 0.102. The van der Waals surface area contributed by atoms with E-state index in [4.69, 9.17) is 0 Å². The van der Waals surface area contributed by atoms with E-state index in [0.717, 1.165) is 0 Å². The molecule has 1 aromatic heterocycles. The molecule has 1 aromatic carbocycles. The zero-order valence-electron chi connectivity index (χ0n) is 11.3. The topological polar surface area (TPSA) is 54.0 Å². The summed E-state index contributed by atoms with van der Waals surface area (Å²) in [6.07, 6.45) is 1.32. The summed E-state index contributed by atoms with van der Waals surface area (Å²) in [5, 5.41) is 5.04. The number of amides is 1. The van der Waals surface area contributed by atoms with Crippen LogP contribution in [0.25, 0.3) is 0 Å². The van der Waals surface area contributed by atoms with Crippen LogP contribution in [0.2, 0.25) is 0 Å². The van der Waals surface area contributed by atoms with E-state index in [0.29, 0.717) is 10.0 Å². The molecule has 0 fully saturated rings. The van der Waals surface area contributed by atoms with Gasteiger partial charge in [0.25, 0.3) is 5.91 Å². The summed E-state index contributed by atoms with van der Waals surface area (Å²) < 4.78 is 27.8. The molecule has 0 radical (unpaired) electrons. The summed E-state index contributed by atoms with van der Waals surface area (Å²) in [7, 11) is 1.50. The van der Waals surface area contributed by atoms with Crippen molar-refractivity contribution in [2.45, 2.75) is 6.92 Å². The third-order valence-corrected chi connectivity index (χ3v) is 3.49. The Balaban J connectivity index is 2.33. The van der Waals surface area contributed by atoms with Crippen LogP contribution < -0.4 is 10.6 Å². The minimum atomic E-state index is -0.757. The Morgan fingerprint density at radius 1 is 1.33 bits per heavy atom. The molecule has 2 aromatic rings. The first-order chi connectivity index (χ1) is 9.93. The van der Waals surface area contributed by atoms with Crippen molar-refractivity contribution >= 4 is 33.3 Å². The summed E-state index contributed by atoms with van der Waals surface area (Å²) in [4.78, 5) is 15.9. The van der Waals surface area contributed by atoms with Gasteiger partial charge in [0.1, 0.15) is 5.82 Å². The van der Waals surface area contributed by atoms with Gasteiger partial charge in [-0.1, -0.05) is 0 Å². The number of aryl methyl sites for hydroxylation is 1. The van der Waals surface area contributed by atoms with Crippen molar-refractivity contribution in [1.82, 2.24) is 4.98 Å². The van der Waals surface area contributed by atoms with Crippen molar-refractivity contribution in [3.8, 4) is 0 Å². The minimum absolute atomic E-state index is 0.0265. The molecule has 21 heavy (non-hydrogen) atoms. The fraction of sp³-hybridized carbons (Fsp3) is 0.143. The summed E-state index contributed by atoms with van der Waals surface area (Å²) in [5.41, 5.74) is 0.764. The molecule has 1 amide bonds. The number of nitrogens with one attached hydrogen (secondary N) is 2. The number of nitrogens with zero attached hydrogens (tertiary/aromatic N) is 1. The minimum Gasteiger partial charge on any atom is -0.371 e. The molecule has 0 atom stereocenters. The van der Waals surface area contributed by atoms with Gasteiger partial charge in [-0.2, -0.15) is 0 Å². The van der Waals surface area contributed by atoms with Crippen LogP contribution in [-0.2, 0) is 0 Å². The lowest BCUT2D eigenvalue weighted by atomic mass is 10.1. The van der Waals surface area contributed by atoms with Crippen LogP contribution in [0, 0.1) is 18.6 Å². The standard InChI is InChI=1S/C14H12BrF2N3O/c1-7-5-9(15)10(16)6-11(7)20-14(21)8-3-4-19-13(18-2)12(8)17/h3-6H,1-2H3,(H,18,19)(H,20,21). The van der Waals surface area contributed by atoms with E-state index in [1.807, 2.05) is 0 Å². The third-order valence-electron chi connectivity index (χ3n) is 2.89. The quantitative estimate of drug-likeness (QED) is 0.881. The summed E-state index contributed by atoms with van der Waals surface area (Å²) in [5.74, 6) is -1.97. The molecule has 0 spiro atoms. The molecule has 0 aliphatic carbocycles. The maximum Gasteiger partial charge on any atom is 0.258 e. The van der Waals surface area contributed by atoms with Crippen molar-refractivity contribution in [1.29, 1.82) is 0 Å². The fourth-order valence-electron chi connectivity index (χ4n) is 1.76. The van der Waals surface area contributed by atoms with Crippen molar-refractivity contribution in [3.05, 3.63) is 51.6 Å². The van der Waals surface area contributed by atoms with Gasteiger partial charge in [0.15, 0.2) is 11.6 Å². The summed E-state index contributed by atoms with van der Waals surface area (Å²) >= 11 is 3.06. The predicted molar refractivity (Wildman–Crippen MR) is 80.5 cm³/mol. The summed E-state index contributed by atoms with van der Waals surface area (Å²) in [6, 6.07) is 3.97. The number of carbonyl (C=O) groups excluding carboxylic acids is 1. The molecule has 0 unspecified atom stereocenters. The molecular formula is C14H12BrF2N3O. The molecule has 0 bridgehead atoms. The largest absolute Gasteiger partial charge is 0.371 e. The molecule has 110 valence electrons. The van der Waals surface area contributed by atoms with Crippen LogP contribution in [0.5, 0.6) is 0 Å². The van der Waals surface area contributed by atoms with Gasteiger partial charge in [0.2, 0.25) is 0 Å². The molecule has 0 saturated heterocycles. The van der Waals surface area contributed by atoms with Crippen LogP contribution in [0.3, 0.4) is 0 Å². The molecule has 1 heterocycles. The average molecular weight is 356 g/mol. The van der Waals surface area contributed by atoms with E-state index in [-0.39, 0.29) is 17.1 Å². The highest BCUT2D eigenvalue weighted by atomic mass is 79.9. The third kappa shape index (κ3) is 3.18. The summed E-state index contributed by atoms with van der Waals surface area (Å²) in [6.45, 7) is 1.71. The van der Waals surface area contributed by atoms with Crippen LogP contribution in [0.15, 0.2) is 28.9 Å². The molecule has 2 N–H and O–H groups in total. The Hall–Kier alpha value is -2.02. The Morgan fingerprint density at radius 3 is 2.71 bits per heavy atom. The first-order valence-electron chi connectivity index (χ1n) is 6.03. The van der Waals surface area contributed by atoms with E-state index in [1.54, 1.807) is 6.92 Å². The van der Waals surface area contributed by atoms with E-state index in [2.05, 4.69) is 31.5 Å². The number of carbonyl (C=O) groups is 1. The van der Waals surface area contributed by atoms with Crippen molar-refractivity contribution in [3.63, 3.8) is 0 Å². The molecule has 2 rings (SSSR count). The highest BCUT2D eigenvalue weighted by molar-refractivity contribution is 9.10. The highest BCUT2D eigenvalue weighted by Crippen LogP contribution is 2.25. The van der Waals surface area contributed by atoms with Gasteiger partial charge < -0.3 is 10.6 Å². The van der Waals surface area contributed by atoms with Gasteiger partial charge in [-0.3, -0.25) is 4.79 Å². The number of pyridine rings is 1. The normalized spacial score (nSPS) is 10.3. The molecule has 4 nitrogen and oxygen atoms in total. The Morgan fingerprint density at radius 2 is 2.05 bits per heavy atom. The molecule has 0 aliphatic rings. The van der Waals surface area contributed by atoms with Crippen LogP contribution in [0.1, 0.15) is 15.9 Å². The maximum absolute atomic E-state index is 14.0. The molecule has 7 heteroatoms. The second kappa shape index (κ2) is 6.17. The van der Waals surface area contributed by atoms with Crippen LogP contribution >= 0.6 is 15.9 Å². The van der Waals surface area contributed by atoms with E-state index < -0.39 is 17.5 Å². The number of aromatic nitrogens is 1.